The lowest BCUT2D eigenvalue weighted by molar-refractivity contribution is 0.393. The molecule has 0 radical (unpaired) electrons. The summed E-state index contributed by atoms with van der Waals surface area (Å²) in [5.41, 5.74) is 2.08. The molecule has 2 aromatic heterocycles. The first-order chi connectivity index (χ1) is 12.6. The normalized spacial score (nSPS) is 11.2. The number of halogens is 1. The average molecular weight is 384 g/mol. The second kappa shape index (κ2) is 6.97. The number of fused-ring (bicyclic) bond motifs is 1. The Labute approximate surface area is 158 Å². The smallest absolute Gasteiger partial charge is 0.266 e. The third-order valence-corrected chi connectivity index (χ3v) is 5.08. The van der Waals surface area contributed by atoms with Crippen molar-refractivity contribution in [2.75, 3.05) is 0 Å². The van der Waals surface area contributed by atoms with Crippen LogP contribution in [-0.2, 0) is 5.75 Å². The molecule has 0 saturated carbocycles. The number of nitrogens with zero attached hydrogens (tertiary/aromatic N) is 3. The molecule has 2 heterocycles. The van der Waals surface area contributed by atoms with Crippen LogP contribution in [0.1, 0.15) is 11.5 Å². The summed E-state index contributed by atoms with van der Waals surface area (Å²) in [6.45, 7) is 1.85. The van der Waals surface area contributed by atoms with Gasteiger partial charge in [-0.2, -0.15) is 0 Å². The third kappa shape index (κ3) is 3.25. The predicted molar refractivity (Wildman–Crippen MR) is 103 cm³/mol. The van der Waals surface area contributed by atoms with Gasteiger partial charge in [-0.05, 0) is 43.3 Å². The fraction of sp³-hybridized carbons (Fsp3) is 0.105. The molecule has 7 heteroatoms. The maximum absolute atomic E-state index is 13.1. The third-order valence-electron chi connectivity index (χ3n) is 3.86. The van der Waals surface area contributed by atoms with Gasteiger partial charge in [-0.1, -0.05) is 40.7 Å². The van der Waals surface area contributed by atoms with Gasteiger partial charge in [0.05, 0.1) is 22.3 Å². The van der Waals surface area contributed by atoms with Crippen molar-refractivity contribution in [2.45, 2.75) is 17.8 Å². The molecule has 0 unspecified atom stereocenters. The van der Waals surface area contributed by atoms with Gasteiger partial charge in [0.1, 0.15) is 5.76 Å². The number of aryl methyl sites for hydroxylation is 1. The van der Waals surface area contributed by atoms with Gasteiger partial charge < -0.3 is 4.52 Å². The van der Waals surface area contributed by atoms with Crippen LogP contribution in [0.5, 0.6) is 0 Å². The molecule has 0 aliphatic rings. The van der Waals surface area contributed by atoms with Crippen LogP contribution in [-0.4, -0.2) is 14.7 Å². The number of benzene rings is 2. The lowest BCUT2D eigenvalue weighted by Gasteiger charge is -2.12. The van der Waals surface area contributed by atoms with Gasteiger partial charge in [0.2, 0.25) is 0 Å². The SMILES string of the molecule is Cc1cc(CSc2nc3ccccc3c(=O)n2-c2ccc(Cl)cc2)no1. The fourth-order valence-electron chi connectivity index (χ4n) is 2.65. The van der Waals surface area contributed by atoms with Gasteiger partial charge in [-0.25, -0.2) is 4.98 Å². The molecule has 0 saturated heterocycles. The van der Waals surface area contributed by atoms with Gasteiger partial charge >= 0.3 is 0 Å². The Balaban J connectivity index is 1.84. The second-order valence-corrected chi connectivity index (χ2v) is 7.13. The van der Waals surface area contributed by atoms with Gasteiger partial charge in [0.25, 0.3) is 5.56 Å². The van der Waals surface area contributed by atoms with Crippen molar-refractivity contribution in [2.24, 2.45) is 0 Å². The summed E-state index contributed by atoms with van der Waals surface area (Å²) < 4.78 is 6.72. The van der Waals surface area contributed by atoms with Crippen LogP contribution in [0.2, 0.25) is 5.02 Å². The molecule has 0 atom stereocenters. The van der Waals surface area contributed by atoms with Crippen molar-refractivity contribution < 1.29 is 4.52 Å². The minimum atomic E-state index is -0.114. The summed E-state index contributed by atoms with van der Waals surface area (Å²) in [6.07, 6.45) is 0. The molecule has 0 spiro atoms. The lowest BCUT2D eigenvalue weighted by Crippen LogP contribution is -2.21. The Kier molecular flexibility index (Phi) is 4.53. The maximum Gasteiger partial charge on any atom is 0.266 e. The van der Waals surface area contributed by atoms with Crippen LogP contribution in [0.15, 0.2) is 69.1 Å². The highest BCUT2D eigenvalue weighted by atomic mass is 35.5. The minimum absolute atomic E-state index is 0.114. The minimum Gasteiger partial charge on any atom is -0.361 e. The van der Waals surface area contributed by atoms with E-state index in [-0.39, 0.29) is 5.56 Å². The largest absolute Gasteiger partial charge is 0.361 e. The van der Waals surface area contributed by atoms with Crippen molar-refractivity contribution in [1.82, 2.24) is 14.7 Å². The first kappa shape index (κ1) is 16.9. The molecule has 26 heavy (non-hydrogen) atoms. The highest BCUT2D eigenvalue weighted by molar-refractivity contribution is 7.98. The van der Waals surface area contributed by atoms with Crippen LogP contribution in [0.25, 0.3) is 16.6 Å². The average Bonchev–Trinajstić information content (AvgIpc) is 3.07. The Bertz CT molecular complexity index is 1140. The van der Waals surface area contributed by atoms with Gasteiger partial charge in [-0.3, -0.25) is 9.36 Å². The van der Waals surface area contributed by atoms with E-state index in [4.69, 9.17) is 21.1 Å². The van der Waals surface area contributed by atoms with E-state index in [2.05, 4.69) is 5.16 Å². The number of para-hydroxylation sites is 1. The zero-order valence-corrected chi connectivity index (χ0v) is 15.4. The zero-order valence-electron chi connectivity index (χ0n) is 13.8. The number of thioether (sulfide) groups is 1. The van der Waals surface area contributed by atoms with Gasteiger partial charge in [0, 0.05) is 16.8 Å². The van der Waals surface area contributed by atoms with E-state index < -0.39 is 0 Å². The van der Waals surface area contributed by atoms with E-state index in [1.807, 2.05) is 43.3 Å². The molecule has 0 bridgehead atoms. The molecule has 5 nitrogen and oxygen atoms in total. The summed E-state index contributed by atoms with van der Waals surface area (Å²) in [5, 5.41) is 5.78. The highest BCUT2D eigenvalue weighted by Gasteiger charge is 2.14. The highest BCUT2D eigenvalue weighted by Crippen LogP contribution is 2.25. The topological polar surface area (TPSA) is 60.9 Å². The summed E-state index contributed by atoms with van der Waals surface area (Å²) in [5.74, 6) is 1.30. The van der Waals surface area contributed by atoms with Gasteiger partial charge in [-0.15, -0.1) is 0 Å². The summed E-state index contributed by atoms with van der Waals surface area (Å²) in [7, 11) is 0. The molecule has 0 aliphatic heterocycles. The van der Waals surface area contributed by atoms with E-state index in [0.29, 0.717) is 26.8 Å². The molecule has 130 valence electrons. The van der Waals surface area contributed by atoms with E-state index in [1.165, 1.54) is 11.8 Å². The number of rotatable bonds is 4. The van der Waals surface area contributed by atoms with E-state index in [0.717, 1.165) is 17.1 Å². The monoisotopic (exact) mass is 383 g/mol. The number of aromatic nitrogens is 3. The van der Waals surface area contributed by atoms with Crippen molar-refractivity contribution in [3.05, 3.63) is 81.4 Å². The van der Waals surface area contributed by atoms with Crippen LogP contribution >= 0.6 is 23.4 Å². The van der Waals surface area contributed by atoms with Crippen LogP contribution in [0.3, 0.4) is 0 Å². The van der Waals surface area contributed by atoms with E-state index in [9.17, 15) is 4.79 Å². The van der Waals surface area contributed by atoms with Crippen LogP contribution < -0.4 is 5.56 Å². The second-order valence-electron chi connectivity index (χ2n) is 5.75. The fourth-order valence-corrected chi connectivity index (χ4v) is 3.67. The molecule has 4 rings (SSSR count). The molecule has 4 aromatic rings. The Morgan fingerprint density at radius 3 is 2.65 bits per heavy atom. The Morgan fingerprint density at radius 1 is 1.15 bits per heavy atom. The zero-order chi connectivity index (χ0) is 18.1. The van der Waals surface area contributed by atoms with Crippen molar-refractivity contribution >= 4 is 34.3 Å². The lowest BCUT2D eigenvalue weighted by atomic mass is 10.2. The summed E-state index contributed by atoms with van der Waals surface area (Å²) >= 11 is 7.43. The molecule has 0 amide bonds. The van der Waals surface area contributed by atoms with E-state index in [1.54, 1.807) is 22.8 Å². The summed E-state index contributed by atoms with van der Waals surface area (Å²) in [6, 6.07) is 16.3. The quantitative estimate of drug-likeness (QED) is 0.380. The first-order valence-corrected chi connectivity index (χ1v) is 9.31. The summed E-state index contributed by atoms with van der Waals surface area (Å²) in [4.78, 5) is 17.8. The number of hydrogen-bond donors (Lipinski definition) is 0. The van der Waals surface area contributed by atoms with Crippen LogP contribution in [0.4, 0.5) is 0 Å². The van der Waals surface area contributed by atoms with E-state index >= 15 is 0 Å². The maximum atomic E-state index is 13.1. The molecular weight excluding hydrogens is 370 g/mol. The Morgan fingerprint density at radius 2 is 1.92 bits per heavy atom. The predicted octanol–water partition coefficient (Wildman–Crippen LogP) is 4.63. The molecular formula is C19H14ClN3O2S. The van der Waals surface area contributed by atoms with Crippen molar-refractivity contribution in [3.8, 4) is 5.69 Å². The number of hydrogen-bond acceptors (Lipinski definition) is 5. The standard InChI is InChI=1S/C19H14ClN3O2S/c1-12-10-14(22-25-12)11-26-19-21-17-5-3-2-4-16(17)18(24)23(19)15-8-6-13(20)7-9-15/h2-10H,11H2,1H3. The molecule has 0 N–H and O–H groups in total. The molecule has 2 aromatic carbocycles. The molecule has 0 fully saturated rings. The first-order valence-electron chi connectivity index (χ1n) is 7.94. The van der Waals surface area contributed by atoms with Crippen molar-refractivity contribution in [1.29, 1.82) is 0 Å². The van der Waals surface area contributed by atoms with Gasteiger partial charge in [0.15, 0.2) is 5.16 Å². The Hall–Kier alpha value is -2.57. The molecule has 0 aliphatic carbocycles. The van der Waals surface area contributed by atoms with Crippen molar-refractivity contribution in [3.63, 3.8) is 0 Å². The van der Waals surface area contributed by atoms with Crippen LogP contribution in [0, 0.1) is 6.92 Å².